The van der Waals surface area contributed by atoms with Crippen molar-refractivity contribution >= 4 is 40.4 Å². The molecule has 2 rings (SSSR count). The average Bonchev–Trinajstić information content (AvgIpc) is 2.94. The van der Waals surface area contributed by atoms with E-state index in [-0.39, 0.29) is 22.8 Å². The van der Waals surface area contributed by atoms with Crippen LogP contribution in [0.25, 0.3) is 0 Å². The zero-order chi connectivity index (χ0) is 15.4. The van der Waals surface area contributed by atoms with Crippen LogP contribution in [0, 0.1) is 5.92 Å². The quantitative estimate of drug-likeness (QED) is 0.779. The molecule has 0 aliphatic rings. The number of pyridine rings is 1. The SMILES string of the molecule is CC(C)C[C@@H](NC(=O)c1nc(Cl)ccc1Cl)c1cccs1. The minimum absolute atomic E-state index is 0.0469. The topological polar surface area (TPSA) is 42.0 Å². The Balaban J connectivity index is 2.20. The van der Waals surface area contributed by atoms with Gasteiger partial charge in [0.1, 0.15) is 10.8 Å². The Bertz CT molecular complexity index is 614. The van der Waals surface area contributed by atoms with Gasteiger partial charge in [-0.3, -0.25) is 4.79 Å². The lowest BCUT2D eigenvalue weighted by Crippen LogP contribution is -2.30. The number of hydrogen-bond donors (Lipinski definition) is 1. The highest BCUT2D eigenvalue weighted by atomic mass is 35.5. The molecule has 6 heteroatoms. The molecule has 0 unspecified atom stereocenters. The van der Waals surface area contributed by atoms with Crippen molar-refractivity contribution in [2.24, 2.45) is 5.92 Å². The molecule has 0 spiro atoms. The molecule has 1 N–H and O–H groups in total. The van der Waals surface area contributed by atoms with Crippen molar-refractivity contribution in [3.63, 3.8) is 0 Å². The van der Waals surface area contributed by atoms with Crippen LogP contribution in [0.5, 0.6) is 0 Å². The van der Waals surface area contributed by atoms with Crippen molar-refractivity contribution in [2.45, 2.75) is 26.3 Å². The van der Waals surface area contributed by atoms with Crippen molar-refractivity contribution < 1.29 is 4.79 Å². The second kappa shape index (κ2) is 7.25. The van der Waals surface area contributed by atoms with E-state index >= 15 is 0 Å². The normalized spacial score (nSPS) is 12.4. The van der Waals surface area contributed by atoms with E-state index in [1.807, 2.05) is 17.5 Å². The van der Waals surface area contributed by atoms with Crippen LogP contribution in [0.1, 0.15) is 41.7 Å². The van der Waals surface area contributed by atoms with Gasteiger partial charge in [-0.05, 0) is 35.9 Å². The van der Waals surface area contributed by atoms with Gasteiger partial charge in [-0.15, -0.1) is 11.3 Å². The van der Waals surface area contributed by atoms with Crippen LogP contribution in [0.4, 0.5) is 0 Å². The van der Waals surface area contributed by atoms with E-state index in [1.54, 1.807) is 23.5 Å². The maximum Gasteiger partial charge on any atom is 0.272 e. The van der Waals surface area contributed by atoms with Gasteiger partial charge in [-0.1, -0.05) is 43.1 Å². The molecule has 2 aromatic rings. The molecule has 1 atom stereocenters. The lowest BCUT2D eigenvalue weighted by atomic mass is 10.0. The maximum absolute atomic E-state index is 12.4. The zero-order valence-electron chi connectivity index (χ0n) is 11.8. The second-order valence-electron chi connectivity index (χ2n) is 5.14. The Morgan fingerprint density at radius 1 is 1.33 bits per heavy atom. The molecule has 0 radical (unpaired) electrons. The molecule has 112 valence electrons. The highest BCUT2D eigenvalue weighted by molar-refractivity contribution is 7.10. The summed E-state index contributed by atoms with van der Waals surface area (Å²) >= 11 is 13.5. The first-order valence-corrected chi connectivity index (χ1v) is 8.27. The third-order valence-corrected chi connectivity index (χ3v) is 4.43. The number of carbonyl (C=O) groups is 1. The van der Waals surface area contributed by atoms with E-state index in [4.69, 9.17) is 23.2 Å². The summed E-state index contributed by atoms with van der Waals surface area (Å²) in [5, 5.41) is 5.55. The standard InChI is InChI=1S/C15H16Cl2N2OS/c1-9(2)8-11(12-4-3-7-21-12)18-15(20)14-10(16)5-6-13(17)19-14/h3-7,9,11H,8H2,1-2H3,(H,18,20)/t11-/m1/s1. The molecule has 0 bridgehead atoms. The largest absolute Gasteiger partial charge is 0.343 e. The second-order valence-corrected chi connectivity index (χ2v) is 6.91. The van der Waals surface area contributed by atoms with Crippen LogP contribution in [-0.4, -0.2) is 10.9 Å². The molecule has 0 aliphatic heterocycles. The van der Waals surface area contributed by atoms with Crippen molar-refractivity contribution in [1.29, 1.82) is 0 Å². The van der Waals surface area contributed by atoms with Crippen LogP contribution in [-0.2, 0) is 0 Å². The summed E-state index contributed by atoms with van der Waals surface area (Å²) in [5.74, 6) is 0.154. The maximum atomic E-state index is 12.4. The van der Waals surface area contributed by atoms with Gasteiger partial charge < -0.3 is 5.32 Å². The first kappa shape index (κ1) is 16.3. The minimum atomic E-state index is -0.304. The number of aromatic nitrogens is 1. The van der Waals surface area contributed by atoms with Crippen molar-refractivity contribution in [1.82, 2.24) is 10.3 Å². The fraction of sp³-hybridized carbons (Fsp3) is 0.333. The minimum Gasteiger partial charge on any atom is -0.343 e. The molecule has 21 heavy (non-hydrogen) atoms. The Labute approximate surface area is 138 Å². The smallest absolute Gasteiger partial charge is 0.272 e. The fourth-order valence-corrected chi connectivity index (χ4v) is 3.14. The van der Waals surface area contributed by atoms with E-state index in [2.05, 4.69) is 24.1 Å². The lowest BCUT2D eigenvalue weighted by molar-refractivity contribution is 0.0928. The molecule has 0 fully saturated rings. The lowest BCUT2D eigenvalue weighted by Gasteiger charge is -2.19. The van der Waals surface area contributed by atoms with E-state index < -0.39 is 0 Å². The van der Waals surface area contributed by atoms with Gasteiger partial charge in [0.05, 0.1) is 11.1 Å². The number of amides is 1. The number of rotatable bonds is 5. The van der Waals surface area contributed by atoms with Crippen LogP contribution in [0.2, 0.25) is 10.2 Å². The number of nitrogens with one attached hydrogen (secondary N) is 1. The molecule has 2 aromatic heterocycles. The molecule has 0 saturated carbocycles. The van der Waals surface area contributed by atoms with Gasteiger partial charge in [-0.25, -0.2) is 4.98 Å². The molecule has 0 aliphatic carbocycles. The van der Waals surface area contributed by atoms with E-state index in [0.29, 0.717) is 10.9 Å². The molecule has 3 nitrogen and oxygen atoms in total. The summed E-state index contributed by atoms with van der Waals surface area (Å²) in [7, 11) is 0. The fourth-order valence-electron chi connectivity index (χ4n) is 2.01. The Morgan fingerprint density at radius 3 is 2.71 bits per heavy atom. The van der Waals surface area contributed by atoms with Gasteiger partial charge in [-0.2, -0.15) is 0 Å². The van der Waals surface area contributed by atoms with E-state index in [9.17, 15) is 4.79 Å². The number of halogens is 2. The van der Waals surface area contributed by atoms with Gasteiger partial charge in [0.15, 0.2) is 0 Å². The highest BCUT2D eigenvalue weighted by Gasteiger charge is 2.20. The summed E-state index contributed by atoms with van der Waals surface area (Å²) in [6.45, 7) is 4.24. The van der Waals surface area contributed by atoms with Gasteiger partial charge >= 0.3 is 0 Å². The first-order valence-electron chi connectivity index (χ1n) is 6.63. The van der Waals surface area contributed by atoms with E-state index in [0.717, 1.165) is 11.3 Å². The number of hydrogen-bond acceptors (Lipinski definition) is 3. The average molecular weight is 343 g/mol. The van der Waals surface area contributed by atoms with Gasteiger partial charge in [0, 0.05) is 4.88 Å². The molecule has 2 heterocycles. The van der Waals surface area contributed by atoms with Crippen LogP contribution in [0.3, 0.4) is 0 Å². The van der Waals surface area contributed by atoms with E-state index in [1.165, 1.54) is 0 Å². The van der Waals surface area contributed by atoms with Crippen LogP contribution < -0.4 is 5.32 Å². The summed E-state index contributed by atoms with van der Waals surface area (Å²) in [5.41, 5.74) is 0.162. The van der Waals surface area contributed by atoms with Crippen LogP contribution in [0.15, 0.2) is 29.6 Å². The third-order valence-electron chi connectivity index (χ3n) is 2.93. The van der Waals surface area contributed by atoms with Gasteiger partial charge in [0.2, 0.25) is 0 Å². The first-order chi connectivity index (χ1) is 9.97. The van der Waals surface area contributed by atoms with Crippen molar-refractivity contribution in [2.75, 3.05) is 0 Å². The van der Waals surface area contributed by atoms with Crippen molar-refractivity contribution in [3.8, 4) is 0 Å². The van der Waals surface area contributed by atoms with Crippen molar-refractivity contribution in [3.05, 3.63) is 50.4 Å². The molecule has 1 amide bonds. The summed E-state index contributed by atoms with van der Waals surface area (Å²) in [4.78, 5) is 17.5. The molecule has 0 aromatic carbocycles. The third kappa shape index (κ3) is 4.43. The number of carbonyl (C=O) groups excluding carboxylic acids is 1. The monoisotopic (exact) mass is 342 g/mol. The molecular weight excluding hydrogens is 327 g/mol. The number of nitrogens with zero attached hydrogens (tertiary/aromatic N) is 1. The molecule has 0 saturated heterocycles. The van der Waals surface area contributed by atoms with Gasteiger partial charge in [0.25, 0.3) is 5.91 Å². The summed E-state index contributed by atoms with van der Waals surface area (Å²) < 4.78 is 0. The Morgan fingerprint density at radius 2 is 2.10 bits per heavy atom. The number of thiophene rings is 1. The Kier molecular flexibility index (Phi) is 5.62. The predicted molar refractivity (Wildman–Crippen MR) is 88.2 cm³/mol. The van der Waals surface area contributed by atoms with Crippen LogP contribution >= 0.6 is 34.5 Å². The highest BCUT2D eigenvalue weighted by Crippen LogP contribution is 2.26. The Hall–Kier alpha value is -1.10. The summed E-state index contributed by atoms with van der Waals surface area (Å²) in [6, 6.07) is 7.09. The zero-order valence-corrected chi connectivity index (χ0v) is 14.1. The predicted octanol–water partition coefficient (Wildman–Crippen LogP) is 4.97. The molecular formula is C15H16Cl2N2OS. The summed E-state index contributed by atoms with van der Waals surface area (Å²) in [6.07, 6.45) is 0.852.